The van der Waals surface area contributed by atoms with Crippen LogP contribution in [0.3, 0.4) is 0 Å². The Hall–Kier alpha value is -3.67. The summed E-state index contributed by atoms with van der Waals surface area (Å²) in [4.78, 5) is 38.3. The van der Waals surface area contributed by atoms with E-state index >= 15 is 0 Å². The molecule has 0 bridgehead atoms. The average molecular weight is 1030 g/mol. The third-order valence-corrected chi connectivity index (χ3v) is 13.3. The van der Waals surface area contributed by atoms with Gasteiger partial charge >= 0.3 is 17.9 Å². The van der Waals surface area contributed by atoms with Gasteiger partial charge in [-0.1, -0.05) is 253 Å². The molecule has 0 rings (SSSR count). The van der Waals surface area contributed by atoms with Crippen molar-refractivity contribution in [3.05, 3.63) is 97.2 Å². The zero-order chi connectivity index (χ0) is 53.6. The first-order valence-electron chi connectivity index (χ1n) is 31.2. The van der Waals surface area contributed by atoms with E-state index in [0.29, 0.717) is 19.3 Å². The molecule has 0 aromatic heterocycles. The average Bonchev–Trinajstić information content (AvgIpc) is 3.40. The molecule has 0 aromatic carbocycles. The van der Waals surface area contributed by atoms with Gasteiger partial charge in [0.2, 0.25) is 0 Å². The quantitative estimate of drug-likeness (QED) is 0.0261. The van der Waals surface area contributed by atoms with Crippen LogP contribution in [-0.4, -0.2) is 37.2 Å². The van der Waals surface area contributed by atoms with Gasteiger partial charge in [0.25, 0.3) is 0 Å². The van der Waals surface area contributed by atoms with E-state index in [9.17, 15) is 14.4 Å². The number of unbranched alkanes of at least 4 members (excludes halogenated alkanes) is 29. The largest absolute Gasteiger partial charge is 0.462 e. The third kappa shape index (κ3) is 59.2. The van der Waals surface area contributed by atoms with Crippen LogP contribution in [0.5, 0.6) is 0 Å². The predicted octanol–water partition coefficient (Wildman–Crippen LogP) is 21.3. The van der Waals surface area contributed by atoms with Crippen LogP contribution in [0.2, 0.25) is 0 Å². The maximum Gasteiger partial charge on any atom is 0.306 e. The number of allylic oxidation sites excluding steroid dienone is 16. The maximum absolute atomic E-state index is 12.9. The molecular weight excluding hydrogens is 913 g/mol. The molecule has 74 heavy (non-hydrogen) atoms. The van der Waals surface area contributed by atoms with E-state index in [2.05, 4.69) is 118 Å². The Morgan fingerprint density at radius 1 is 0.284 bits per heavy atom. The van der Waals surface area contributed by atoms with Crippen molar-refractivity contribution >= 4 is 17.9 Å². The number of rotatable bonds is 56. The number of ether oxygens (including phenoxy) is 3. The second-order valence-electron chi connectivity index (χ2n) is 20.6. The summed E-state index contributed by atoms with van der Waals surface area (Å²) in [6, 6.07) is 0. The smallest absolute Gasteiger partial charge is 0.306 e. The summed E-state index contributed by atoms with van der Waals surface area (Å²) >= 11 is 0. The van der Waals surface area contributed by atoms with E-state index < -0.39 is 6.10 Å². The van der Waals surface area contributed by atoms with Crippen molar-refractivity contribution in [3.8, 4) is 0 Å². The highest BCUT2D eigenvalue weighted by atomic mass is 16.6. The molecule has 6 heteroatoms. The SMILES string of the molecule is CC/C=C\C/C=C\C/C=C\C/C=C\C/C=C\C/C=C\CCCCCCC(=O)OCC(COC(=O)CCCCCCC/C=C\CCCCCCCCC)OC(=O)CCCCCCCCC/C=C\CCCCCCCC. The van der Waals surface area contributed by atoms with E-state index in [-0.39, 0.29) is 31.1 Å². The lowest BCUT2D eigenvalue weighted by molar-refractivity contribution is -0.167. The fourth-order valence-electron chi connectivity index (χ4n) is 8.61. The molecule has 0 radical (unpaired) electrons. The molecule has 1 unspecified atom stereocenters. The molecule has 0 saturated carbocycles. The van der Waals surface area contributed by atoms with E-state index in [1.807, 2.05) is 0 Å². The number of hydrogen-bond acceptors (Lipinski definition) is 6. The van der Waals surface area contributed by atoms with Gasteiger partial charge in [0.15, 0.2) is 6.10 Å². The van der Waals surface area contributed by atoms with E-state index in [4.69, 9.17) is 14.2 Å². The van der Waals surface area contributed by atoms with Crippen molar-refractivity contribution in [3.63, 3.8) is 0 Å². The fraction of sp³-hybridized carbons (Fsp3) is 0.721. The first-order valence-corrected chi connectivity index (χ1v) is 31.2. The van der Waals surface area contributed by atoms with Crippen LogP contribution in [-0.2, 0) is 28.6 Å². The molecular formula is C68H116O6. The Morgan fingerprint density at radius 3 is 0.838 bits per heavy atom. The molecule has 0 aromatic rings. The van der Waals surface area contributed by atoms with Crippen molar-refractivity contribution in [2.75, 3.05) is 13.2 Å². The van der Waals surface area contributed by atoms with Gasteiger partial charge in [-0.3, -0.25) is 14.4 Å². The summed E-state index contributed by atoms with van der Waals surface area (Å²) in [6.07, 6.45) is 82.6. The summed E-state index contributed by atoms with van der Waals surface area (Å²) in [5.41, 5.74) is 0. The van der Waals surface area contributed by atoms with Gasteiger partial charge in [-0.2, -0.15) is 0 Å². The van der Waals surface area contributed by atoms with Crippen molar-refractivity contribution in [1.82, 2.24) is 0 Å². The third-order valence-electron chi connectivity index (χ3n) is 13.3. The monoisotopic (exact) mass is 1030 g/mol. The molecule has 0 saturated heterocycles. The second kappa shape index (κ2) is 61.9. The van der Waals surface area contributed by atoms with Gasteiger partial charge in [-0.05, 0) is 122 Å². The highest BCUT2D eigenvalue weighted by Gasteiger charge is 2.19. The molecule has 0 N–H and O–H groups in total. The van der Waals surface area contributed by atoms with E-state index in [0.717, 1.165) is 116 Å². The predicted molar refractivity (Wildman–Crippen MR) is 320 cm³/mol. The number of hydrogen-bond donors (Lipinski definition) is 0. The van der Waals surface area contributed by atoms with Crippen LogP contribution in [0.1, 0.15) is 297 Å². The molecule has 424 valence electrons. The van der Waals surface area contributed by atoms with Gasteiger partial charge in [0, 0.05) is 19.3 Å². The lowest BCUT2D eigenvalue weighted by atomic mass is 10.1. The second-order valence-corrected chi connectivity index (χ2v) is 20.6. The minimum absolute atomic E-state index is 0.0914. The van der Waals surface area contributed by atoms with Crippen LogP contribution in [0.15, 0.2) is 97.2 Å². The van der Waals surface area contributed by atoms with Gasteiger partial charge in [0.1, 0.15) is 13.2 Å². The first-order chi connectivity index (χ1) is 36.5. The summed E-state index contributed by atoms with van der Waals surface area (Å²) in [6.45, 7) is 6.51. The minimum Gasteiger partial charge on any atom is -0.462 e. The van der Waals surface area contributed by atoms with Crippen molar-refractivity contribution in [2.24, 2.45) is 0 Å². The standard InChI is InChI=1S/C68H116O6/c1-4-7-10-13-16-19-22-25-28-31-32-33-34-35-36-38-40-43-46-49-52-55-58-61-67(70)73-64-65(63-72-66(69)60-57-54-51-48-45-42-39-30-27-24-21-18-15-12-9-6-3)74-68(71)62-59-56-53-50-47-44-41-37-29-26-23-20-17-14-11-8-5-2/h7,10,16,19,25-26,28-30,32-33,35-36,39-40,43,65H,4-6,8-9,11-15,17-18,20-24,27,31,34,37-38,41-42,44-64H2,1-3H3/b10-7-,19-16-,28-25-,29-26-,33-32-,36-35-,39-30-,43-40-. The summed E-state index contributed by atoms with van der Waals surface area (Å²) in [5, 5.41) is 0. The minimum atomic E-state index is -0.796. The molecule has 0 aliphatic rings. The van der Waals surface area contributed by atoms with Gasteiger partial charge in [0.05, 0.1) is 0 Å². The summed E-state index contributed by atoms with van der Waals surface area (Å²) in [7, 11) is 0. The zero-order valence-electron chi connectivity index (χ0n) is 48.6. The molecule has 0 aliphatic heterocycles. The zero-order valence-corrected chi connectivity index (χ0v) is 48.6. The highest BCUT2D eigenvalue weighted by Crippen LogP contribution is 2.15. The summed E-state index contributed by atoms with van der Waals surface area (Å²) in [5.74, 6) is -0.921. The molecule has 1 atom stereocenters. The number of carbonyl (C=O) groups is 3. The van der Waals surface area contributed by atoms with Crippen LogP contribution in [0, 0.1) is 0 Å². The maximum atomic E-state index is 12.9. The molecule has 0 spiro atoms. The Balaban J connectivity index is 4.44. The highest BCUT2D eigenvalue weighted by molar-refractivity contribution is 5.71. The van der Waals surface area contributed by atoms with Gasteiger partial charge in [-0.25, -0.2) is 0 Å². The van der Waals surface area contributed by atoms with Crippen LogP contribution < -0.4 is 0 Å². The van der Waals surface area contributed by atoms with E-state index in [1.54, 1.807) is 0 Å². The van der Waals surface area contributed by atoms with Crippen molar-refractivity contribution in [1.29, 1.82) is 0 Å². The molecule has 6 nitrogen and oxygen atoms in total. The Bertz CT molecular complexity index is 1460. The number of esters is 3. The molecule has 0 heterocycles. The van der Waals surface area contributed by atoms with E-state index in [1.165, 1.54) is 141 Å². The summed E-state index contributed by atoms with van der Waals surface area (Å²) < 4.78 is 16.9. The van der Waals surface area contributed by atoms with Crippen LogP contribution >= 0.6 is 0 Å². The van der Waals surface area contributed by atoms with Gasteiger partial charge in [-0.15, -0.1) is 0 Å². The normalized spacial score (nSPS) is 12.7. The van der Waals surface area contributed by atoms with Crippen molar-refractivity contribution < 1.29 is 28.6 Å². The molecule has 0 aliphatic carbocycles. The molecule has 0 amide bonds. The lowest BCUT2D eigenvalue weighted by Gasteiger charge is -2.18. The first kappa shape index (κ1) is 70.3. The van der Waals surface area contributed by atoms with Gasteiger partial charge < -0.3 is 14.2 Å². The van der Waals surface area contributed by atoms with Crippen LogP contribution in [0.25, 0.3) is 0 Å². The Morgan fingerprint density at radius 2 is 0.527 bits per heavy atom. The Labute approximate surface area is 457 Å². The number of carbonyl (C=O) groups excluding carboxylic acids is 3. The molecule has 0 fully saturated rings. The lowest BCUT2D eigenvalue weighted by Crippen LogP contribution is -2.30. The van der Waals surface area contributed by atoms with Crippen molar-refractivity contribution in [2.45, 2.75) is 303 Å². The topological polar surface area (TPSA) is 78.9 Å². The van der Waals surface area contributed by atoms with Crippen LogP contribution in [0.4, 0.5) is 0 Å². The Kier molecular flexibility index (Phi) is 58.8. The fourth-order valence-corrected chi connectivity index (χ4v) is 8.61.